The van der Waals surface area contributed by atoms with Crippen LogP contribution < -0.4 is 14.2 Å². The van der Waals surface area contributed by atoms with Crippen molar-refractivity contribution in [3.05, 3.63) is 35.9 Å². The Morgan fingerprint density at radius 3 is 2.25 bits per heavy atom. The third-order valence-corrected chi connectivity index (χ3v) is 3.71. The number of methoxy groups -OCH3 is 3. The Labute approximate surface area is 123 Å². The van der Waals surface area contributed by atoms with E-state index in [0.717, 1.165) is 5.56 Å². The highest BCUT2D eigenvalue weighted by Crippen LogP contribution is 2.38. The average Bonchev–Trinajstić information content (AvgIpc) is 2.52. The van der Waals surface area contributed by atoms with Crippen LogP contribution in [0.3, 0.4) is 0 Å². The van der Waals surface area contributed by atoms with Gasteiger partial charge in [-0.05, 0) is 28.4 Å². The minimum absolute atomic E-state index is 0.337. The predicted molar refractivity (Wildman–Crippen MR) is 87.5 cm³/mol. The van der Waals surface area contributed by atoms with Crippen LogP contribution in [-0.2, 0) is 0 Å². The summed E-state index contributed by atoms with van der Waals surface area (Å²) in [7, 11) is 6.54. The van der Waals surface area contributed by atoms with Gasteiger partial charge in [0.1, 0.15) is 0 Å². The van der Waals surface area contributed by atoms with Gasteiger partial charge in [-0.2, -0.15) is 10.9 Å². The average molecular weight is 290 g/mol. The van der Waals surface area contributed by atoms with E-state index in [0.29, 0.717) is 23.2 Å². The van der Waals surface area contributed by atoms with Crippen LogP contribution in [0.15, 0.2) is 30.4 Å². The Morgan fingerprint density at radius 2 is 1.75 bits per heavy atom. The van der Waals surface area contributed by atoms with Gasteiger partial charge in [0.2, 0.25) is 5.75 Å². The first-order chi connectivity index (χ1) is 9.78. The van der Waals surface area contributed by atoms with Crippen molar-refractivity contribution < 1.29 is 14.2 Å². The van der Waals surface area contributed by atoms with Crippen molar-refractivity contribution in [3.8, 4) is 17.2 Å². The van der Waals surface area contributed by atoms with E-state index in [1.807, 2.05) is 12.1 Å². The molecule has 0 spiro atoms. The summed E-state index contributed by atoms with van der Waals surface area (Å²) in [5.74, 6) is 2.28. The summed E-state index contributed by atoms with van der Waals surface area (Å²) in [6.07, 6.45) is 8.40. The molecule has 0 N–H and O–H groups in total. The lowest BCUT2D eigenvalue weighted by atomic mass is 10.1. The van der Waals surface area contributed by atoms with Gasteiger partial charge in [0.05, 0.1) is 21.3 Å². The quantitative estimate of drug-likeness (QED) is 0.779. The first kappa shape index (κ1) is 14.5. The highest BCUT2D eigenvalue weighted by molar-refractivity contribution is 7.96. The molecular weight excluding hydrogens is 272 g/mol. The molecule has 1 aliphatic rings. The monoisotopic (exact) mass is 290 g/mol. The zero-order valence-corrected chi connectivity index (χ0v) is 12.6. The summed E-state index contributed by atoms with van der Waals surface area (Å²) in [4.78, 5) is 0. The normalized spacial score (nSPS) is 17.1. The molecule has 1 aromatic rings. The van der Waals surface area contributed by atoms with E-state index in [1.165, 1.54) is 0 Å². The summed E-state index contributed by atoms with van der Waals surface area (Å²) in [6, 6.07) is 3.87. The molecule has 4 heteroatoms. The molecule has 106 valence electrons. The molecule has 0 fully saturated rings. The molecule has 0 bridgehead atoms. The van der Waals surface area contributed by atoms with Gasteiger partial charge in [-0.25, -0.2) is 0 Å². The first-order valence-corrected chi connectivity index (χ1v) is 7.19. The van der Waals surface area contributed by atoms with Crippen LogP contribution in [0.1, 0.15) is 5.56 Å². The van der Waals surface area contributed by atoms with Gasteiger partial charge in [0.25, 0.3) is 0 Å². The summed E-state index contributed by atoms with van der Waals surface area (Å²) < 4.78 is 16.0. The third-order valence-electron chi connectivity index (χ3n) is 2.92. The van der Waals surface area contributed by atoms with Crippen molar-refractivity contribution in [3.63, 3.8) is 0 Å². The van der Waals surface area contributed by atoms with Crippen LogP contribution in [0.2, 0.25) is 0 Å². The molecule has 20 heavy (non-hydrogen) atoms. The second-order valence-corrected chi connectivity index (χ2v) is 5.00. The van der Waals surface area contributed by atoms with Crippen molar-refractivity contribution in [2.45, 2.75) is 0 Å². The Kier molecular flexibility index (Phi) is 5.07. The molecule has 1 unspecified atom stereocenters. The van der Waals surface area contributed by atoms with E-state index < -0.39 is 0 Å². The fraction of sp³-hybridized carbons (Fsp3) is 0.250. The van der Waals surface area contributed by atoms with Gasteiger partial charge in [-0.15, -0.1) is 0 Å². The van der Waals surface area contributed by atoms with E-state index in [-0.39, 0.29) is 0 Å². The molecule has 1 heterocycles. The van der Waals surface area contributed by atoms with Crippen LogP contribution in [-0.4, -0.2) is 32.1 Å². The minimum atomic E-state index is 0.337. The largest absolute Gasteiger partial charge is 0.493 e. The fourth-order valence-electron chi connectivity index (χ4n) is 1.93. The molecule has 0 amide bonds. The van der Waals surface area contributed by atoms with Gasteiger partial charge < -0.3 is 14.2 Å². The summed E-state index contributed by atoms with van der Waals surface area (Å²) in [5, 5.41) is 4.23. The van der Waals surface area contributed by atoms with Crippen LogP contribution in [0.4, 0.5) is 0 Å². The number of hydrogen-bond donors (Lipinski definition) is 0. The van der Waals surface area contributed by atoms with Crippen molar-refractivity contribution in [2.24, 2.45) is 5.92 Å². The van der Waals surface area contributed by atoms with Crippen LogP contribution in [0, 0.1) is 5.92 Å². The van der Waals surface area contributed by atoms with Crippen molar-refractivity contribution >= 4 is 27.8 Å². The van der Waals surface area contributed by atoms with Gasteiger partial charge in [0, 0.05) is 5.92 Å². The van der Waals surface area contributed by atoms with Gasteiger partial charge in [-0.3, -0.25) is 0 Å². The second-order valence-electron chi connectivity index (χ2n) is 4.19. The molecule has 3 nitrogen and oxygen atoms in total. The predicted octanol–water partition coefficient (Wildman–Crippen LogP) is 3.25. The molecule has 1 atom stereocenters. The maximum absolute atomic E-state index is 5.34. The molecule has 1 aromatic carbocycles. The molecular formula is C16H18O3S. The van der Waals surface area contributed by atoms with Gasteiger partial charge in [-0.1, -0.05) is 24.3 Å². The molecule has 0 saturated carbocycles. The van der Waals surface area contributed by atoms with E-state index in [2.05, 4.69) is 35.0 Å². The lowest BCUT2D eigenvalue weighted by Gasteiger charge is -2.13. The first-order valence-electron chi connectivity index (χ1n) is 6.25. The molecule has 1 aliphatic heterocycles. The summed E-state index contributed by atoms with van der Waals surface area (Å²) >= 11 is 0. The van der Waals surface area contributed by atoms with E-state index in [1.54, 1.807) is 32.3 Å². The molecule has 0 aliphatic carbocycles. The lowest BCUT2D eigenvalue weighted by molar-refractivity contribution is 0.324. The number of allylic oxidation sites excluding steroid dienone is 3. The minimum Gasteiger partial charge on any atom is -0.493 e. The number of rotatable bonds is 5. The Balaban J connectivity index is 2.30. The zero-order valence-electron chi connectivity index (χ0n) is 11.8. The third kappa shape index (κ3) is 3.33. The van der Waals surface area contributed by atoms with Crippen LogP contribution in [0.25, 0.3) is 6.08 Å². The molecule has 0 saturated heterocycles. The fourth-order valence-corrected chi connectivity index (χ4v) is 2.56. The molecule has 2 rings (SSSR count). The Bertz CT molecular complexity index is 571. The molecule has 0 radical (unpaired) electrons. The summed E-state index contributed by atoms with van der Waals surface area (Å²) in [6.45, 7) is 0. The van der Waals surface area contributed by atoms with E-state index in [4.69, 9.17) is 14.2 Å². The molecule has 0 aromatic heterocycles. The topological polar surface area (TPSA) is 27.7 Å². The smallest absolute Gasteiger partial charge is 0.203 e. The maximum atomic E-state index is 5.34. The maximum Gasteiger partial charge on any atom is 0.203 e. The second kappa shape index (κ2) is 7.01. The van der Waals surface area contributed by atoms with Crippen LogP contribution in [0.5, 0.6) is 17.2 Å². The summed E-state index contributed by atoms with van der Waals surface area (Å²) in [5.41, 5.74) is 1.01. The lowest BCUT2D eigenvalue weighted by Crippen LogP contribution is -1.96. The van der Waals surface area contributed by atoms with Gasteiger partial charge >= 0.3 is 0 Å². The number of hydrogen-bond acceptors (Lipinski definition) is 3. The van der Waals surface area contributed by atoms with Crippen molar-refractivity contribution in [1.82, 2.24) is 0 Å². The zero-order chi connectivity index (χ0) is 14.4. The SMILES string of the molecule is COc1cc(/C=C/C2C=CC=S=C2)cc(OC)c1OC. The van der Waals surface area contributed by atoms with Crippen molar-refractivity contribution in [1.29, 1.82) is 0 Å². The van der Waals surface area contributed by atoms with E-state index in [9.17, 15) is 0 Å². The van der Waals surface area contributed by atoms with Crippen LogP contribution >= 0.6 is 10.9 Å². The van der Waals surface area contributed by atoms with Gasteiger partial charge in [0.15, 0.2) is 11.5 Å². The Hall–Kier alpha value is -1.94. The standard InChI is InChI=1S/C16H18O3S/c1-17-14-9-13(10-15(18-2)16(14)19-3)7-6-12-5-4-8-20-11-12/h4-12H,1-3H3/b7-6+. The number of benzene rings is 1. The number of ether oxygens (including phenoxy) is 3. The van der Waals surface area contributed by atoms with Crippen molar-refractivity contribution in [2.75, 3.05) is 21.3 Å². The van der Waals surface area contributed by atoms with E-state index >= 15 is 0 Å². The highest BCUT2D eigenvalue weighted by atomic mass is 32.1. The Morgan fingerprint density at radius 1 is 1.05 bits per heavy atom. The highest BCUT2D eigenvalue weighted by Gasteiger charge is 2.12.